The molecule has 0 bridgehead atoms. The lowest BCUT2D eigenvalue weighted by Crippen LogP contribution is -2.47. The zero-order chi connectivity index (χ0) is 24.8. The minimum absolute atomic E-state index is 0.0237. The van der Waals surface area contributed by atoms with Crippen LogP contribution in [-0.2, 0) is 16.1 Å². The number of alkyl carbamates (subject to hydrolysis) is 1. The van der Waals surface area contributed by atoms with Gasteiger partial charge in [0.15, 0.2) is 17.8 Å². The lowest BCUT2D eigenvalue weighted by Gasteiger charge is -2.19. The van der Waals surface area contributed by atoms with Crippen molar-refractivity contribution in [3.05, 3.63) is 77.5 Å². The van der Waals surface area contributed by atoms with Crippen molar-refractivity contribution in [2.45, 2.75) is 24.9 Å². The summed E-state index contributed by atoms with van der Waals surface area (Å²) in [4.78, 5) is 40.2. The van der Waals surface area contributed by atoms with Gasteiger partial charge in [0.05, 0.1) is 6.54 Å². The number of amides is 2. The van der Waals surface area contributed by atoms with E-state index in [0.717, 1.165) is 28.6 Å². The van der Waals surface area contributed by atoms with E-state index in [9.17, 15) is 14.4 Å². The van der Waals surface area contributed by atoms with Gasteiger partial charge in [-0.25, -0.2) is 14.6 Å². The minimum atomic E-state index is -1.25. The van der Waals surface area contributed by atoms with Gasteiger partial charge in [-0.05, 0) is 40.7 Å². The highest BCUT2D eigenvalue weighted by Crippen LogP contribution is 2.44. The number of benzene rings is 2. The molecule has 9 nitrogen and oxygen atoms in total. The molecule has 35 heavy (non-hydrogen) atoms. The molecule has 2 aromatic carbocycles. The molecule has 0 spiro atoms. The lowest BCUT2D eigenvalue weighted by atomic mass is 9.98. The van der Waals surface area contributed by atoms with E-state index in [1.807, 2.05) is 42.7 Å². The van der Waals surface area contributed by atoms with Crippen LogP contribution in [0.15, 0.2) is 59.3 Å². The summed E-state index contributed by atoms with van der Waals surface area (Å²) in [5.74, 6) is -1.16. The Morgan fingerprint density at radius 1 is 1.11 bits per heavy atom. The highest BCUT2D eigenvalue weighted by atomic mass is 32.2. The number of carboxylic acids is 1. The lowest BCUT2D eigenvalue weighted by molar-refractivity contribution is -0.123. The zero-order valence-electron chi connectivity index (χ0n) is 19.0. The van der Waals surface area contributed by atoms with Crippen molar-refractivity contribution in [3.63, 3.8) is 0 Å². The Kier molecular flexibility index (Phi) is 7.71. The molecule has 1 aromatic heterocycles. The molecule has 182 valence electrons. The average molecular weight is 496 g/mol. The molecular formula is C25H25N3O6S. The fourth-order valence-electron chi connectivity index (χ4n) is 4.15. The number of rotatable bonds is 10. The molecule has 0 radical (unpaired) electrons. The molecule has 1 unspecified atom stereocenters. The molecule has 2 amide bonds. The molecule has 1 aliphatic rings. The summed E-state index contributed by atoms with van der Waals surface area (Å²) >= 11 is 1.54. The number of hydrogen-bond donors (Lipinski definition) is 3. The van der Waals surface area contributed by atoms with Gasteiger partial charge in [0.2, 0.25) is 5.91 Å². The van der Waals surface area contributed by atoms with Crippen molar-refractivity contribution in [1.29, 1.82) is 0 Å². The van der Waals surface area contributed by atoms with Crippen LogP contribution in [0.2, 0.25) is 0 Å². The Bertz CT molecular complexity index is 1180. The second kappa shape index (κ2) is 11.1. The molecule has 0 saturated heterocycles. The Labute approximate surface area is 206 Å². The predicted octanol–water partition coefficient (Wildman–Crippen LogP) is 3.65. The first-order chi connectivity index (χ1) is 17.0. The van der Waals surface area contributed by atoms with E-state index in [4.69, 9.17) is 14.3 Å². The molecule has 0 saturated carbocycles. The standard InChI is InChI=1S/C25H25N3O6S/c1-35-11-10-20(23(29)26-12-21-22(24(30)31)27-14-34-21)28-25(32)33-13-19-17-8-4-2-6-15(17)16-7-3-5-9-18(16)19/h2-9,14,19-20H,10-13H2,1H3,(H,26,29)(H,28,32)(H,30,31). The van der Waals surface area contributed by atoms with Crippen molar-refractivity contribution >= 4 is 29.7 Å². The largest absolute Gasteiger partial charge is 0.476 e. The number of carboxylic acid groups (broad SMARTS) is 1. The molecular weight excluding hydrogens is 470 g/mol. The first-order valence-corrected chi connectivity index (χ1v) is 12.4. The number of nitrogens with zero attached hydrogens (tertiary/aromatic N) is 1. The van der Waals surface area contributed by atoms with Crippen LogP contribution in [0.1, 0.15) is 39.7 Å². The van der Waals surface area contributed by atoms with E-state index in [0.29, 0.717) is 12.2 Å². The number of ether oxygens (including phenoxy) is 1. The van der Waals surface area contributed by atoms with Gasteiger partial charge in [0, 0.05) is 5.92 Å². The molecule has 4 rings (SSSR count). The topological polar surface area (TPSA) is 131 Å². The quantitative estimate of drug-likeness (QED) is 0.389. The van der Waals surface area contributed by atoms with Crippen molar-refractivity contribution in [2.75, 3.05) is 18.6 Å². The fourth-order valence-corrected chi connectivity index (χ4v) is 4.62. The fraction of sp³-hybridized carbons (Fsp3) is 0.280. The summed E-state index contributed by atoms with van der Waals surface area (Å²) in [6, 6.07) is 15.2. The zero-order valence-corrected chi connectivity index (χ0v) is 19.8. The van der Waals surface area contributed by atoms with Gasteiger partial charge in [0.1, 0.15) is 12.6 Å². The van der Waals surface area contributed by atoms with Gasteiger partial charge in [-0.1, -0.05) is 48.5 Å². The molecule has 0 fully saturated rings. The predicted molar refractivity (Wildman–Crippen MR) is 130 cm³/mol. The third-order valence-corrected chi connectivity index (χ3v) is 6.47. The van der Waals surface area contributed by atoms with E-state index in [1.54, 1.807) is 0 Å². The number of thioether (sulfide) groups is 1. The number of nitrogens with one attached hydrogen (secondary N) is 2. The molecule has 0 aliphatic heterocycles. The van der Waals surface area contributed by atoms with Gasteiger partial charge in [-0.15, -0.1) is 0 Å². The first kappa shape index (κ1) is 24.3. The minimum Gasteiger partial charge on any atom is -0.476 e. The summed E-state index contributed by atoms with van der Waals surface area (Å²) in [5, 5.41) is 14.4. The normalized spacial score (nSPS) is 12.9. The van der Waals surface area contributed by atoms with Crippen molar-refractivity contribution in [3.8, 4) is 11.1 Å². The maximum Gasteiger partial charge on any atom is 0.407 e. The monoisotopic (exact) mass is 495 g/mol. The third kappa shape index (κ3) is 5.48. The molecule has 1 atom stereocenters. The molecule has 1 heterocycles. The number of carbonyl (C=O) groups is 3. The average Bonchev–Trinajstić information content (AvgIpc) is 3.47. The SMILES string of the molecule is CSCCC(NC(=O)OCC1c2ccccc2-c2ccccc21)C(=O)NCc1ocnc1C(=O)O. The number of aromatic nitrogens is 1. The van der Waals surface area contributed by atoms with Gasteiger partial charge in [-0.3, -0.25) is 4.79 Å². The maximum absolute atomic E-state index is 12.7. The Morgan fingerprint density at radius 2 is 1.77 bits per heavy atom. The second-order valence-electron chi connectivity index (χ2n) is 7.95. The molecule has 10 heteroatoms. The van der Waals surface area contributed by atoms with Crippen LogP contribution in [-0.4, -0.2) is 52.7 Å². The van der Waals surface area contributed by atoms with Crippen LogP contribution >= 0.6 is 11.8 Å². The highest BCUT2D eigenvalue weighted by molar-refractivity contribution is 7.98. The van der Waals surface area contributed by atoms with Crippen molar-refractivity contribution < 1.29 is 28.6 Å². The highest BCUT2D eigenvalue weighted by Gasteiger charge is 2.30. The summed E-state index contributed by atoms with van der Waals surface area (Å²) in [5.41, 5.74) is 4.18. The van der Waals surface area contributed by atoms with Crippen LogP contribution in [0.3, 0.4) is 0 Å². The second-order valence-corrected chi connectivity index (χ2v) is 8.94. The molecule has 1 aliphatic carbocycles. The molecule has 3 aromatic rings. The Balaban J connectivity index is 1.38. The van der Waals surface area contributed by atoms with Gasteiger partial charge in [0.25, 0.3) is 0 Å². The number of hydrogen-bond acceptors (Lipinski definition) is 7. The smallest absolute Gasteiger partial charge is 0.407 e. The summed E-state index contributed by atoms with van der Waals surface area (Å²) in [6.45, 7) is -0.0284. The number of carbonyl (C=O) groups excluding carboxylic acids is 2. The molecule has 3 N–H and O–H groups in total. The van der Waals surface area contributed by atoms with Gasteiger partial charge < -0.3 is 24.9 Å². The van der Waals surface area contributed by atoms with Gasteiger partial charge in [-0.2, -0.15) is 11.8 Å². The van der Waals surface area contributed by atoms with Crippen LogP contribution < -0.4 is 10.6 Å². The van der Waals surface area contributed by atoms with E-state index in [1.165, 1.54) is 11.8 Å². The van der Waals surface area contributed by atoms with Crippen LogP contribution in [0.25, 0.3) is 11.1 Å². The van der Waals surface area contributed by atoms with E-state index >= 15 is 0 Å². The van der Waals surface area contributed by atoms with Crippen molar-refractivity contribution in [1.82, 2.24) is 15.6 Å². The van der Waals surface area contributed by atoms with Crippen LogP contribution in [0.5, 0.6) is 0 Å². The number of aromatic carboxylic acids is 1. The van der Waals surface area contributed by atoms with E-state index in [-0.39, 0.29) is 30.5 Å². The van der Waals surface area contributed by atoms with E-state index < -0.39 is 24.0 Å². The van der Waals surface area contributed by atoms with Crippen LogP contribution in [0.4, 0.5) is 4.79 Å². The van der Waals surface area contributed by atoms with Crippen LogP contribution in [0, 0.1) is 0 Å². The maximum atomic E-state index is 12.7. The third-order valence-electron chi connectivity index (χ3n) is 5.83. The summed E-state index contributed by atoms with van der Waals surface area (Å²) < 4.78 is 10.6. The number of oxazole rings is 1. The summed E-state index contributed by atoms with van der Waals surface area (Å²) in [6.07, 6.45) is 2.58. The first-order valence-electron chi connectivity index (χ1n) is 11.0. The van der Waals surface area contributed by atoms with Gasteiger partial charge >= 0.3 is 12.1 Å². The Morgan fingerprint density at radius 3 is 2.40 bits per heavy atom. The summed E-state index contributed by atoms with van der Waals surface area (Å²) in [7, 11) is 0. The van der Waals surface area contributed by atoms with E-state index in [2.05, 4.69) is 27.8 Å². The Hall–Kier alpha value is -3.79. The number of fused-ring (bicyclic) bond motifs is 3. The van der Waals surface area contributed by atoms with Crippen molar-refractivity contribution in [2.24, 2.45) is 0 Å².